The highest BCUT2D eigenvalue weighted by molar-refractivity contribution is 5.10. The van der Waals surface area contributed by atoms with Crippen LogP contribution in [0.15, 0.2) is 0 Å². The van der Waals surface area contributed by atoms with Crippen molar-refractivity contribution < 1.29 is 44.3 Å². The molecule has 0 saturated heterocycles. The van der Waals surface area contributed by atoms with E-state index in [4.69, 9.17) is 15.0 Å². The first-order valence-corrected chi connectivity index (χ1v) is 5.15. The van der Waals surface area contributed by atoms with Gasteiger partial charge in [0.1, 0.15) is 46.4 Å². The molecule has 9 heteroatoms. The van der Waals surface area contributed by atoms with E-state index >= 15 is 0 Å². The zero-order valence-electron chi connectivity index (χ0n) is 10.1. The summed E-state index contributed by atoms with van der Waals surface area (Å²) < 4.78 is 0. The maximum atomic E-state index is 8.33. The van der Waals surface area contributed by atoms with Gasteiger partial charge in [0.05, 0.1) is 13.2 Å². The van der Waals surface area contributed by atoms with Crippen LogP contribution in [0.4, 0.5) is 0 Å². The minimum Gasteiger partial charge on any atom is -0.394 e. The Morgan fingerprint density at radius 3 is 1.00 bits per heavy atom. The normalized spacial score (nSPS) is 9.89. The molecule has 0 aliphatic rings. The zero-order chi connectivity index (χ0) is 13.9. The van der Waals surface area contributed by atoms with Gasteiger partial charge in [-0.05, 0) is 0 Å². The first-order chi connectivity index (χ1) is 8.91. The van der Waals surface area contributed by atoms with Crippen LogP contribution in [0.2, 0.25) is 0 Å². The highest BCUT2D eigenvalue weighted by atomic mass is 17.2. The predicted molar refractivity (Wildman–Crippen MR) is 57.0 cm³/mol. The quantitative estimate of drug-likeness (QED) is 0.238. The lowest BCUT2D eigenvalue weighted by Gasteiger charge is -2.04. The number of hydrogen-bond acceptors (Lipinski definition) is 9. The van der Waals surface area contributed by atoms with Crippen LogP contribution >= 0.6 is 0 Å². The van der Waals surface area contributed by atoms with Crippen molar-refractivity contribution in [3.8, 4) is 0 Å². The Morgan fingerprint density at radius 1 is 0.556 bits per heavy atom. The Labute approximate surface area is 105 Å². The second-order valence-corrected chi connectivity index (χ2v) is 2.38. The summed E-state index contributed by atoms with van der Waals surface area (Å²) in [5.74, 6) is 0. The molecule has 9 nitrogen and oxygen atoms in total. The Hall–Kier alpha value is -0.650. The maximum Gasteiger partial charge on any atom is 0.109 e. The summed E-state index contributed by atoms with van der Waals surface area (Å²) in [5.41, 5.74) is 0. The first-order valence-electron chi connectivity index (χ1n) is 5.15. The SMILES string of the molecule is C=O.OCCOOCCOOCCOOCCO. The van der Waals surface area contributed by atoms with Crippen LogP contribution in [-0.4, -0.2) is 69.9 Å². The van der Waals surface area contributed by atoms with Gasteiger partial charge in [-0.15, -0.1) is 0 Å². The molecule has 0 aromatic heterocycles. The topological polar surface area (TPSA) is 113 Å². The van der Waals surface area contributed by atoms with Gasteiger partial charge >= 0.3 is 0 Å². The minimum atomic E-state index is -0.0947. The van der Waals surface area contributed by atoms with E-state index in [1.807, 2.05) is 6.79 Å². The van der Waals surface area contributed by atoms with Gasteiger partial charge in [0, 0.05) is 0 Å². The lowest BCUT2D eigenvalue weighted by Crippen LogP contribution is -2.11. The summed E-state index contributed by atoms with van der Waals surface area (Å²) >= 11 is 0. The number of rotatable bonds is 13. The fourth-order valence-electron chi connectivity index (χ4n) is 0.564. The first kappa shape index (κ1) is 19.7. The van der Waals surface area contributed by atoms with Gasteiger partial charge in [0.25, 0.3) is 0 Å². The molecule has 0 aromatic rings. The number of carbonyl (C=O) groups excluding carboxylic acids is 1. The molecule has 0 fully saturated rings. The van der Waals surface area contributed by atoms with E-state index in [0.29, 0.717) is 0 Å². The molecule has 0 rings (SSSR count). The summed E-state index contributed by atoms with van der Waals surface area (Å²) in [5, 5.41) is 16.7. The van der Waals surface area contributed by atoms with E-state index in [2.05, 4.69) is 29.3 Å². The van der Waals surface area contributed by atoms with Crippen molar-refractivity contribution in [2.75, 3.05) is 52.9 Å². The molecular formula is C9H20O9. The third-order valence-electron chi connectivity index (χ3n) is 1.10. The molecule has 0 atom stereocenters. The molecule has 0 radical (unpaired) electrons. The standard InChI is InChI=1S/C8H18O8.CH2O/c9-1-3-11-13-5-7-15-16-8-6-14-12-4-2-10;1-2/h9-10H,1-8H2;1H2. The largest absolute Gasteiger partial charge is 0.394 e. The van der Waals surface area contributed by atoms with Crippen molar-refractivity contribution in [3.63, 3.8) is 0 Å². The van der Waals surface area contributed by atoms with Crippen molar-refractivity contribution in [1.82, 2.24) is 0 Å². The van der Waals surface area contributed by atoms with Crippen LogP contribution in [0.5, 0.6) is 0 Å². The Bertz CT molecular complexity index is 121. The van der Waals surface area contributed by atoms with E-state index in [1.54, 1.807) is 0 Å². The smallest absolute Gasteiger partial charge is 0.109 e. The number of carbonyl (C=O) groups is 1. The summed E-state index contributed by atoms with van der Waals surface area (Å²) in [6, 6.07) is 0. The molecule has 2 N–H and O–H groups in total. The van der Waals surface area contributed by atoms with Crippen LogP contribution in [0.25, 0.3) is 0 Å². The highest BCUT2D eigenvalue weighted by Crippen LogP contribution is 1.84. The van der Waals surface area contributed by atoms with E-state index in [1.165, 1.54) is 0 Å². The second kappa shape index (κ2) is 21.6. The van der Waals surface area contributed by atoms with E-state index in [-0.39, 0.29) is 52.9 Å². The van der Waals surface area contributed by atoms with Crippen LogP contribution < -0.4 is 0 Å². The van der Waals surface area contributed by atoms with Gasteiger partial charge in [0.2, 0.25) is 0 Å². The average molecular weight is 272 g/mol. The van der Waals surface area contributed by atoms with E-state index < -0.39 is 0 Å². The monoisotopic (exact) mass is 272 g/mol. The van der Waals surface area contributed by atoms with E-state index in [9.17, 15) is 0 Å². The van der Waals surface area contributed by atoms with Crippen molar-refractivity contribution in [2.24, 2.45) is 0 Å². The van der Waals surface area contributed by atoms with E-state index in [0.717, 1.165) is 0 Å². The number of aliphatic hydroxyl groups excluding tert-OH is 2. The third-order valence-corrected chi connectivity index (χ3v) is 1.10. The van der Waals surface area contributed by atoms with Gasteiger partial charge in [-0.25, -0.2) is 29.3 Å². The highest BCUT2D eigenvalue weighted by Gasteiger charge is 1.93. The fourth-order valence-corrected chi connectivity index (χ4v) is 0.564. The Balaban J connectivity index is 0. The summed E-state index contributed by atoms with van der Waals surface area (Å²) in [6.07, 6.45) is 0. The van der Waals surface area contributed by atoms with Crippen LogP contribution in [0.1, 0.15) is 0 Å². The zero-order valence-corrected chi connectivity index (χ0v) is 10.1. The number of aliphatic hydroxyl groups is 2. The lowest BCUT2D eigenvalue weighted by atomic mass is 10.8. The van der Waals surface area contributed by atoms with Gasteiger partial charge in [-0.1, -0.05) is 0 Å². The van der Waals surface area contributed by atoms with Gasteiger partial charge < -0.3 is 15.0 Å². The molecule has 0 amide bonds. The molecule has 0 saturated carbocycles. The molecular weight excluding hydrogens is 252 g/mol. The van der Waals surface area contributed by atoms with Gasteiger partial charge in [0.15, 0.2) is 0 Å². The average Bonchev–Trinajstić information content (AvgIpc) is 2.42. The van der Waals surface area contributed by atoms with Gasteiger partial charge in [-0.2, -0.15) is 0 Å². The Kier molecular flexibility index (Phi) is 23.6. The van der Waals surface area contributed by atoms with Crippen molar-refractivity contribution in [2.45, 2.75) is 0 Å². The number of hydrogen-bond donors (Lipinski definition) is 2. The minimum absolute atomic E-state index is 0.0947. The molecule has 18 heavy (non-hydrogen) atoms. The molecule has 0 bridgehead atoms. The molecule has 0 spiro atoms. The molecule has 0 heterocycles. The van der Waals surface area contributed by atoms with Crippen LogP contribution in [0.3, 0.4) is 0 Å². The molecule has 0 aliphatic carbocycles. The fraction of sp³-hybridized carbons (Fsp3) is 0.889. The summed E-state index contributed by atoms with van der Waals surface area (Å²) in [6.45, 7) is 2.84. The lowest BCUT2D eigenvalue weighted by molar-refractivity contribution is -0.359. The molecule has 0 aromatic carbocycles. The second-order valence-electron chi connectivity index (χ2n) is 2.38. The Morgan fingerprint density at radius 2 is 0.778 bits per heavy atom. The van der Waals surface area contributed by atoms with Crippen molar-refractivity contribution in [1.29, 1.82) is 0 Å². The van der Waals surface area contributed by atoms with Crippen LogP contribution in [-0.2, 0) is 34.1 Å². The molecule has 0 aliphatic heterocycles. The van der Waals surface area contributed by atoms with Crippen molar-refractivity contribution in [3.05, 3.63) is 0 Å². The molecule has 0 unspecified atom stereocenters. The van der Waals surface area contributed by atoms with Crippen LogP contribution in [0, 0.1) is 0 Å². The van der Waals surface area contributed by atoms with Gasteiger partial charge in [-0.3, -0.25) is 0 Å². The predicted octanol–water partition coefficient (Wildman–Crippen LogP) is -1.37. The van der Waals surface area contributed by atoms with Crippen molar-refractivity contribution >= 4 is 6.79 Å². The summed E-state index contributed by atoms with van der Waals surface area (Å²) in [4.78, 5) is 35.5. The summed E-state index contributed by atoms with van der Waals surface area (Å²) in [7, 11) is 0. The maximum absolute atomic E-state index is 8.33. The third kappa shape index (κ3) is 20.7. The molecule has 110 valence electrons.